The van der Waals surface area contributed by atoms with Crippen LogP contribution in [-0.4, -0.2) is 22.2 Å². The predicted molar refractivity (Wildman–Crippen MR) is 81.0 cm³/mol. The van der Waals surface area contributed by atoms with Gasteiger partial charge in [0.2, 0.25) is 11.8 Å². The quantitative estimate of drug-likeness (QED) is 0.796. The van der Waals surface area contributed by atoms with Gasteiger partial charge in [0.15, 0.2) is 5.17 Å². The van der Waals surface area contributed by atoms with E-state index < -0.39 is 5.25 Å². The van der Waals surface area contributed by atoms with E-state index in [1.165, 1.54) is 5.56 Å². The summed E-state index contributed by atoms with van der Waals surface area (Å²) in [4.78, 5) is 23.3. The van der Waals surface area contributed by atoms with Gasteiger partial charge in [-0.15, -0.1) is 0 Å². The van der Waals surface area contributed by atoms with Crippen LogP contribution >= 0.6 is 11.8 Å². The van der Waals surface area contributed by atoms with Crippen molar-refractivity contribution in [3.63, 3.8) is 0 Å². The largest absolute Gasteiger partial charge is 0.326 e. The molecule has 5 nitrogen and oxygen atoms in total. The molecule has 0 saturated carbocycles. The molecule has 1 fully saturated rings. The van der Waals surface area contributed by atoms with Gasteiger partial charge in [-0.1, -0.05) is 37.7 Å². The second-order valence-electron chi connectivity index (χ2n) is 4.95. The number of benzene rings is 1. The number of rotatable bonds is 4. The molecule has 1 aliphatic rings. The number of anilines is 1. The van der Waals surface area contributed by atoms with Gasteiger partial charge >= 0.3 is 0 Å². The fraction of sp³-hybridized carbons (Fsp3) is 0.357. The summed E-state index contributed by atoms with van der Waals surface area (Å²) in [5.74, 6) is -0.0423. The first-order chi connectivity index (χ1) is 9.45. The van der Waals surface area contributed by atoms with Crippen molar-refractivity contribution in [1.29, 1.82) is 5.41 Å². The van der Waals surface area contributed by atoms with Gasteiger partial charge in [-0.05, 0) is 23.6 Å². The van der Waals surface area contributed by atoms with Crippen LogP contribution in [-0.2, 0) is 9.59 Å². The molecule has 0 spiro atoms. The van der Waals surface area contributed by atoms with Gasteiger partial charge in [0.1, 0.15) is 5.25 Å². The number of nitrogens with one attached hydrogen (secondary N) is 3. The minimum atomic E-state index is -0.502. The molecule has 1 aromatic rings. The topological polar surface area (TPSA) is 82.1 Å². The fourth-order valence-corrected chi connectivity index (χ4v) is 2.73. The summed E-state index contributed by atoms with van der Waals surface area (Å²) in [7, 11) is 0. The standard InChI is InChI=1S/C14H17N3O2S/c1-8(2)9-3-5-10(6-4-9)16-12(18)7-11-13(19)17-14(15)20-11/h3-6,8,11H,7H2,1-2H3,(H,16,18)(H2,15,17,19). The zero-order chi connectivity index (χ0) is 14.7. The number of carbonyl (C=O) groups excluding carboxylic acids is 2. The summed E-state index contributed by atoms with van der Waals surface area (Å²) in [5.41, 5.74) is 1.93. The summed E-state index contributed by atoms with van der Waals surface area (Å²) >= 11 is 1.08. The molecular weight excluding hydrogens is 274 g/mol. The third-order valence-corrected chi connectivity index (χ3v) is 4.02. The Bertz CT molecular complexity index is 540. The summed E-state index contributed by atoms with van der Waals surface area (Å²) in [6.45, 7) is 4.22. The maximum absolute atomic E-state index is 11.9. The summed E-state index contributed by atoms with van der Waals surface area (Å²) in [6, 6.07) is 7.67. The lowest BCUT2D eigenvalue weighted by Crippen LogP contribution is -2.27. The average molecular weight is 291 g/mol. The monoisotopic (exact) mass is 291 g/mol. The smallest absolute Gasteiger partial charge is 0.240 e. The van der Waals surface area contributed by atoms with Gasteiger partial charge in [0.05, 0.1) is 0 Å². The van der Waals surface area contributed by atoms with Gasteiger partial charge < -0.3 is 10.6 Å². The maximum Gasteiger partial charge on any atom is 0.240 e. The van der Waals surface area contributed by atoms with Crippen molar-refractivity contribution in [3.05, 3.63) is 29.8 Å². The first-order valence-electron chi connectivity index (χ1n) is 6.41. The highest BCUT2D eigenvalue weighted by molar-refractivity contribution is 8.15. The Morgan fingerprint density at radius 2 is 2.05 bits per heavy atom. The number of hydrogen-bond donors (Lipinski definition) is 3. The molecule has 1 unspecified atom stereocenters. The Morgan fingerprint density at radius 3 is 2.55 bits per heavy atom. The highest BCUT2D eigenvalue weighted by atomic mass is 32.2. The molecule has 0 aromatic heterocycles. The third-order valence-electron chi connectivity index (χ3n) is 3.02. The predicted octanol–water partition coefficient (Wildman–Crippen LogP) is 2.30. The number of hydrogen-bond acceptors (Lipinski definition) is 4. The zero-order valence-corrected chi connectivity index (χ0v) is 12.2. The number of amides is 2. The van der Waals surface area contributed by atoms with Crippen molar-refractivity contribution in [2.75, 3.05) is 5.32 Å². The average Bonchev–Trinajstić information content (AvgIpc) is 2.68. The van der Waals surface area contributed by atoms with E-state index in [0.29, 0.717) is 5.92 Å². The van der Waals surface area contributed by atoms with Crippen LogP contribution in [0.3, 0.4) is 0 Å². The molecule has 1 heterocycles. The van der Waals surface area contributed by atoms with Crippen LogP contribution in [0.5, 0.6) is 0 Å². The summed E-state index contributed by atoms with van der Waals surface area (Å²) in [5, 5.41) is 12.1. The molecule has 2 rings (SSSR count). The molecule has 0 aliphatic carbocycles. The molecule has 1 saturated heterocycles. The highest BCUT2D eigenvalue weighted by Crippen LogP contribution is 2.22. The first-order valence-corrected chi connectivity index (χ1v) is 7.29. The van der Waals surface area contributed by atoms with Crippen LogP contribution in [0, 0.1) is 5.41 Å². The van der Waals surface area contributed by atoms with Crippen LogP contribution in [0.4, 0.5) is 5.69 Å². The van der Waals surface area contributed by atoms with Crippen molar-refractivity contribution in [3.8, 4) is 0 Å². The Labute approximate surface area is 122 Å². The normalized spacial score (nSPS) is 18.2. The number of carbonyl (C=O) groups is 2. The molecule has 0 bridgehead atoms. The number of thioether (sulfide) groups is 1. The molecule has 20 heavy (non-hydrogen) atoms. The van der Waals surface area contributed by atoms with Crippen molar-refractivity contribution >= 4 is 34.4 Å². The molecule has 1 atom stereocenters. The van der Waals surface area contributed by atoms with Crippen LogP contribution in [0.25, 0.3) is 0 Å². The Kier molecular flexibility index (Phi) is 4.44. The first kappa shape index (κ1) is 14.6. The van der Waals surface area contributed by atoms with Crippen LogP contribution in [0.1, 0.15) is 31.7 Å². The van der Waals surface area contributed by atoms with Gasteiger partial charge in [-0.3, -0.25) is 15.0 Å². The van der Waals surface area contributed by atoms with E-state index in [1.54, 1.807) is 0 Å². The molecule has 1 aromatic carbocycles. The van der Waals surface area contributed by atoms with E-state index in [-0.39, 0.29) is 23.4 Å². The van der Waals surface area contributed by atoms with E-state index in [9.17, 15) is 9.59 Å². The minimum absolute atomic E-state index is 0.0742. The lowest BCUT2D eigenvalue weighted by atomic mass is 10.0. The van der Waals surface area contributed by atoms with Gasteiger partial charge in [-0.25, -0.2) is 0 Å². The lowest BCUT2D eigenvalue weighted by Gasteiger charge is -2.09. The van der Waals surface area contributed by atoms with Gasteiger partial charge in [0, 0.05) is 12.1 Å². The molecule has 3 N–H and O–H groups in total. The number of amidine groups is 1. The minimum Gasteiger partial charge on any atom is -0.326 e. The van der Waals surface area contributed by atoms with E-state index in [1.807, 2.05) is 24.3 Å². The Morgan fingerprint density at radius 1 is 1.40 bits per heavy atom. The Balaban J connectivity index is 1.91. The highest BCUT2D eigenvalue weighted by Gasteiger charge is 2.31. The van der Waals surface area contributed by atoms with E-state index in [4.69, 9.17) is 5.41 Å². The van der Waals surface area contributed by atoms with E-state index >= 15 is 0 Å². The van der Waals surface area contributed by atoms with E-state index in [2.05, 4.69) is 24.5 Å². The third kappa shape index (κ3) is 3.60. The summed E-state index contributed by atoms with van der Waals surface area (Å²) in [6.07, 6.45) is 0.0742. The van der Waals surface area contributed by atoms with Crippen LogP contribution in [0.2, 0.25) is 0 Å². The second kappa shape index (κ2) is 6.09. The van der Waals surface area contributed by atoms with Gasteiger partial charge in [0.25, 0.3) is 0 Å². The SMILES string of the molecule is CC(C)c1ccc(NC(=O)CC2SC(=N)NC2=O)cc1. The molecule has 2 amide bonds. The second-order valence-corrected chi connectivity index (χ2v) is 6.17. The van der Waals surface area contributed by atoms with E-state index in [0.717, 1.165) is 17.4 Å². The van der Waals surface area contributed by atoms with Crippen LogP contribution in [0.15, 0.2) is 24.3 Å². The molecule has 6 heteroatoms. The summed E-state index contributed by atoms with van der Waals surface area (Å²) < 4.78 is 0. The van der Waals surface area contributed by atoms with Crippen molar-refractivity contribution in [2.45, 2.75) is 31.4 Å². The lowest BCUT2D eigenvalue weighted by molar-refractivity contribution is -0.122. The Hall–Kier alpha value is -1.82. The van der Waals surface area contributed by atoms with Crippen molar-refractivity contribution in [2.24, 2.45) is 0 Å². The molecule has 0 radical (unpaired) electrons. The molecule has 106 valence electrons. The van der Waals surface area contributed by atoms with Crippen LogP contribution < -0.4 is 10.6 Å². The van der Waals surface area contributed by atoms with Gasteiger partial charge in [-0.2, -0.15) is 0 Å². The molecular formula is C14H17N3O2S. The zero-order valence-electron chi connectivity index (χ0n) is 11.4. The fourth-order valence-electron chi connectivity index (χ4n) is 1.88. The maximum atomic E-state index is 11.9. The molecule has 1 aliphatic heterocycles. The van der Waals surface area contributed by atoms with Crippen molar-refractivity contribution < 1.29 is 9.59 Å². The van der Waals surface area contributed by atoms with Crippen molar-refractivity contribution in [1.82, 2.24) is 5.32 Å².